The summed E-state index contributed by atoms with van der Waals surface area (Å²) in [5.41, 5.74) is 8.94. The van der Waals surface area contributed by atoms with Crippen molar-refractivity contribution in [3.8, 4) is 0 Å². The molecule has 0 aliphatic carbocycles. The van der Waals surface area contributed by atoms with Crippen molar-refractivity contribution in [3.05, 3.63) is 45.3 Å². The molecule has 0 aliphatic heterocycles. The monoisotopic (exact) mass is 239 g/mol. The minimum atomic E-state index is -1.34. The lowest BCUT2D eigenvalue weighted by Crippen LogP contribution is -2.24. The Balaban J connectivity index is 3.07. The Morgan fingerprint density at radius 2 is 2.06 bits per heavy atom. The number of benzene rings is 1. The number of aliphatic hydroxyl groups is 1. The van der Waals surface area contributed by atoms with Gasteiger partial charge in [-0.05, 0) is 30.2 Å². The Morgan fingerprint density at radius 3 is 2.50 bits per heavy atom. The molecular weight excluding hydrogens is 230 g/mol. The zero-order chi connectivity index (χ0) is 12.1. The Morgan fingerprint density at radius 1 is 1.50 bits per heavy atom. The molecule has 0 aliphatic rings. The van der Waals surface area contributed by atoms with E-state index in [1.807, 2.05) is 0 Å². The van der Waals surface area contributed by atoms with Crippen LogP contribution in [0.25, 0.3) is 10.4 Å². The molecule has 1 aromatic rings. The third kappa shape index (κ3) is 2.97. The third-order valence-electron chi connectivity index (χ3n) is 2.10. The summed E-state index contributed by atoms with van der Waals surface area (Å²) in [6.45, 7) is 1.24. The van der Waals surface area contributed by atoms with E-state index in [-0.39, 0.29) is 0 Å². The first-order valence-corrected chi connectivity index (χ1v) is 4.92. The van der Waals surface area contributed by atoms with Crippen LogP contribution in [-0.4, -0.2) is 17.0 Å². The first-order valence-electron chi connectivity index (χ1n) is 4.54. The lowest BCUT2D eigenvalue weighted by Gasteiger charge is -2.15. The number of nitrogens with zero attached hydrogens (tertiary/aromatic N) is 3. The van der Waals surface area contributed by atoms with Gasteiger partial charge in [0.1, 0.15) is 6.10 Å². The van der Waals surface area contributed by atoms with E-state index in [4.69, 9.17) is 17.1 Å². The molecule has 0 bridgehead atoms. The highest BCUT2D eigenvalue weighted by atomic mass is 35.5. The Bertz CT molecular complexity index is 426. The molecule has 0 unspecified atom stereocenters. The van der Waals surface area contributed by atoms with Crippen molar-refractivity contribution < 1.29 is 9.90 Å². The zero-order valence-electron chi connectivity index (χ0n) is 8.54. The van der Waals surface area contributed by atoms with Gasteiger partial charge in [-0.3, -0.25) is 4.79 Å². The van der Waals surface area contributed by atoms with Gasteiger partial charge in [0.05, 0.1) is 6.04 Å². The van der Waals surface area contributed by atoms with Gasteiger partial charge in [0.15, 0.2) is 5.78 Å². The Kier molecular flexibility index (Phi) is 4.31. The van der Waals surface area contributed by atoms with E-state index in [1.54, 1.807) is 24.3 Å². The number of hydrogen-bond acceptors (Lipinski definition) is 3. The number of ketones is 1. The number of halogens is 1. The molecule has 0 fully saturated rings. The van der Waals surface area contributed by atoms with E-state index < -0.39 is 17.9 Å². The van der Waals surface area contributed by atoms with Gasteiger partial charge in [-0.2, -0.15) is 0 Å². The van der Waals surface area contributed by atoms with E-state index in [0.29, 0.717) is 10.6 Å². The van der Waals surface area contributed by atoms with Crippen molar-refractivity contribution in [1.29, 1.82) is 0 Å². The Labute approximate surface area is 97.3 Å². The lowest BCUT2D eigenvalue weighted by atomic mass is 10.00. The second kappa shape index (κ2) is 5.51. The van der Waals surface area contributed by atoms with Crippen molar-refractivity contribution in [1.82, 2.24) is 0 Å². The molecular formula is C10H10ClN3O2. The van der Waals surface area contributed by atoms with Gasteiger partial charge in [0.2, 0.25) is 0 Å². The van der Waals surface area contributed by atoms with Crippen LogP contribution in [0.5, 0.6) is 0 Å². The number of hydrogen-bond donors (Lipinski definition) is 1. The number of carbonyl (C=O) groups is 1. The summed E-state index contributed by atoms with van der Waals surface area (Å²) in [4.78, 5) is 13.7. The topological polar surface area (TPSA) is 86.1 Å². The van der Waals surface area contributed by atoms with Gasteiger partial charge >= 0.3 is 0 Å². The Hall–Kier alpha value is -1.55. The fourth-order valence-corrected chi connectivity index (χ4v) is 1.38. The van der Waals surface area contributed by atoms with Gasteiger partial charge in [-0.15, -0.1) is 0 Å². The predicted molar refractivity (Wildman–Crippen MR) is 60.0 cm³/mol. The third-order valence-corrected chi connectivity index (χ3v) is 2.36. The molecule has 0 amide bonds. The fraction of sp³-hybridized carbons (Fsp3) is 0.300. The molecule has 0 saturated carbocycles. The highest BCUT2D eigenvalue weighted by Gasteiger charge is 2.23. The smallest absolute Gasteiger partial charge is 0.158 e. The van der Waals surface area contributed by atoms with Crippen molar-refractivity contribution >= 4 is 17.4 Å². The summed E-state index contributed by atoms with van der Waals surface area (Å²) in [7, 11) is 0. The summed E-state index contributed by atoms with van der Waals surface area (Å²) in [6, 6.07) is 5.49. The van der Waals surface area contributed by atoms with Crippen molar-refractivity contribution in [2.75, 3.05) is 0 Å². The molecule has 6 heteroatoms. The minimum Gasteiger partial charge on any atom is -0.385 e. The first-order chi connectivity index (χ1) is 7.56. The standard InChI is InChI=1S/C10H10ClN3O2/c1-6(15)10(16)9(13-14-12)7-2-4-8(11)5-3-7/h2-5,9-10,16H,1H3/t9-,10-/m1/s1. The molecule has 16 heavy (non-hydrogen) atoms. The predicted octanol–water partition coefficient (Wildman–Crippen LogP) is 2.64. The van der Waals surface area contributed by atoms with Gasteiger partial charge in [-0.1, -0.05) is 28.8 Å². The minimum absolute atomic E-state index is 0.452. The van der Waals surface area contributed by atoms with Crippen LogP contribution in [0.2, 0.25) is 5.02 Å². The van der Waals surface area contributed by atoms with Crippen LogP contribution in [0.3, 0.4) is 0 Å². The van der Waals surface area contributed by atoms with Crippen molar-refractivity contribution in [2.45, 2.75) is 19.1 Å². The van der Waals surface area contributed by atoms with Gasteiger partial charge < -0.3 is 5.11 Å². The van der Waals surface area contributed by atoms with Crippen LogP contribution in [0.4, 0.5) is 0 Å². The van der Waals surface area contributed by atoms with Gasteiger partial charge in [-0.25, -0.2) is 0 Å². The number of Topliss-reactive ketones (excluding diaryl/α,β-unsaturated/α-hetero) is 1. The molecule has 1 aromatic carbocycles. The van der Waals surface area contributed by atoms with Crippen LogP contribution in [0.1, 0.15) is 18.5 Å². The molecule has 0 radical (unpaired) electrons. The zero-order valence-corrected chi connectivity index (χ0v) is 9.30. The average molecular weight is 240 g/mol. The van der Waals surface area contributed by atoms with Crippen LogP contribution in [-0.2, 0) is 4.79 Å². The second-order valence-corrected chi connectivity index (χ2v) is 3.69. The fourth-order valence-electron chi connectivity index (χ4n) is 1.25. The molecule has 1 rings (SSSR count). The number of aliphatic hydroxyl groups excluding tert-OH is 1. The first kappa shape index (κ1) is 12.5. The molecule has 5 nitrogen and oxygen atoms in total. The van der Waals surface area contributed by atoms with E-state index in [2.05, 4.69) is 10.0 Å². The second-order valence-electron chi connectivity index (χ2n) is 3.26. The summed E-state index contributed by atoms with van der Waals surface area (Å²) in [6.07, 6.45) is -1.34. The van der Waals surface area contributed by atoms with E-state index in [1.165, 1.54) is 6.92 Å². The van der Waals surface area contributed by atoms with Crippen molar-refractivity contribution in [3.63, 3.8) is 0 Å². The highest BCUT2D eigenvalue weighted by Crippen LogP contribution is 2.23. The maximum atomic E-state index is 11.0. The average Bonchev–Trinajstić information content (AvgIpc) is 2.26. The van der Waals surface area contributed by atoms with Crippen LogP contribution < -0.4 is 0 Å². The largest absolute Gasteiger partial charge is 0.385 e. The summed E-state index contributed by atoms with van der Waals surface area (Å²) >= 11 is 5.70. The molecule has 0 saturated heterocycles. The normalized spacial score (nSPS) is 13.7. The molecule has 0 heterocycles. The van der Waals surface area contributed by atoms with Gasteiger partial charge in [0, 0.05) is 9.93 Å². The molecule has 2 atom stereocenters. The van der Waals surface area contributed by atoms with Crippen LogP contribution in [0, 0.1) is 0 Å². The molecule has 1 N–H and O–H groups in total. The maximum Gasteiger partial charge on any atom is 0.158 e. The SMILES string of the molecule is CC(=O)[C@@H](O)[C@H](N=[N+]=[N-])c1ccc(Cl)cc1. The van der Waals surface area contributed by atoms with E-state index >= 15 is 0 Å². The molecule has 84 valence electrons. The summed E-state index contributed by atoms with van der Waals surface area (Å²) in [5.74, 6) is -0.452. The van der Waals surface area contributed by atoms with E-state index in [0.717, 1.165) is 0 Å². The number of azide groups is 1. The van der Waals surface area contributed by atoms with E-state index in [9.17, 15) is 9.90 Å². The maximum absolute atomic E-state index is 11.0. The lowest BCUT2D eigenvalue weighted by molar-refractivity contribution is -0.125. The summed E-state index contributed by atoms with van der Waals surface area (Å²) < 4.78 is 0. The summed E-state index contributed by atoms with van der Waals surface area (Å²) in [5, 5.41) is 13.5. The number of carbonyl (C=O) groups excluding carboxylic acids is 1. The van der Waals surface area contributed by atoms with Crippen LogP contribution in [0.15, 0.2) is 29.4 Å². The highest BCUT2D eigenvalue weighted by molar-refractivity contribution is 6.30. The van der Waals surface area contributed by atoms with Gasteiger partial charge in [0.25, 0.3) is 0 Å². The number of rotatable bonds is 4. The van der Waals surface area contributed by atoms with Crippen molar-refractivity contribution in [2.24, 2.45) is 5.11 Å². The quantitative estimate of drug-likeness (QED) is 0.497. The molecule has 0 spiro atoms. The van der Waals surface area contributed by atoms with Crippen LogP contribution >= 0.6 is 11.6 Å². The molecule has 0 aromatic heterocycles.